The van der Waals surface area contributed by atoms with Crippen LogP contribution in [0.1, 0.15) is 18.4 Å². The Morgan fingerprint density at radius 2 is 1.88 bits per heavy atom. The third-order valence-electron chi connectivity index (χ3n) is 4.93. The number of aromatic nitrogens is 3. The first-order valence-corrected chi connectivity index (χ1v) is 8.50. The molecule has 5 rings (SSSR count). The summed E-state index contributed by atoms with van der Waals surface area (Å²) in [6, 6.07) is 12.2. The van der Waals surface area contributed by atoms with Crippen LogP contribution in [0.2, 0.25) is 0 Å². The third kappa shape index (κ3) is 2.02. The van der Waals surface area contributed by atoms with Gasteiger partial charge in [-0.2, -0.15) is 4.98 Å². The maximum Gasteiger partial charge on any atom is 0.222 e. The van der Waals surface area contributed by atoms with Gasteiger partial charge in [0.1, 0.15) is 11.6 Å². The number of para-hydroxylation sites is 1. The van der Waals surface area contributed by atoms with Gasteiger partial charge in [-0.05, 0) is 29.3 Å². The molecule has 0 saturated carbocycles. The second-order valence-corrected chi connectivity index (χ2v) is 6.62. The van der Waals surface area contributed by atoms with Crippen molar-refractivity contribution in [3.63, 3.8) is 0 Å². The first-order chi connectivity index (χ1) is 12.6. The van der Waals surface area contributed by atoms with Gasteiger partial charge in [0.15, 0.2) is 0 Å². The van der Waals surface area contributed by atoms with Crippen LogP contribution in [0.5, 0.6) is 5.75 Å². The van der Waals surface area contributed by atoms with Gasteiger partial charge in [0.05, 0.1) is 23.0 Å². The lowest BCUT2D eigenvalue weighted by atomic mass is 9.89. The van der Waals surface area contributed by atoms with Crippen LogP contribution in [0.15, 0.2) is 42.6 Å². The van der Waals surface area contributed by atoms with Gasteiger partial charge in [-0.1, -0.05) is 25.1 Å². The van der Waals surface area contributed by atoms with Crippen LogP contribution in [-0.4, -0.2) is 21.6 Å². The Bertz CT molecular complexity index is 1180. The topological polar surface area (TPSA) is 99.9 Å². The third-order valence-corrected chi connectivity index (χ3v) is 4.93. The van der Waals surface area contributed by atoms with Crippen molar-refractivity contribution in [2.24, 2.45) is 0 Å². The average molecular weight is 343 g/mol. The van der Waals surface area contributed by atoms with Crippen molar-refractivity contribution in [2.45, 2.75) is 12.8 Å². The fourth-order valence-corrected chi connectivity index (χ4v) is 3.81. The smallest absolute Gasteiger partial charge is 0.222 e. The predicted molar refractivity (Wildman–Crippen MR) is 103 cm³/mol. The molecule has 1 atom stereocenters. The summed E-state index contributed by atoms with van der Waals surface area (Å²) in [6.07, 6.45) is 1.83. The molecule has 0 radical (unpaired) electrons. The summed E-state index contributed by atoms with van der Waals surface area (Å²) in [7, 11) is 0. The number of anilines is 2. The van der Waals surface area contributed by atoms with Crippen molar-refractivity contribution in [1.29, 1.82) is 0 Å². The highest BCUT2D eigenvalue weighted by Crippen LogP contribution is 2.47. The zero-order chi connectivity index (χ0) is 17.8. The summed E-state index contributed by atoms with van der Waals surface area (Å²) in [4.78, 5) is 13.0. The molecule has 1 aliphatic rings. The van der Waals surface area contributed by atoms with Crippen LogP contribution in [0.3, 0.4) is 0 Å². The minimum Gasteiger partial charge on any atom is -0.492 e. The van der Waals surface area contributed by atoms with Crippen molar-refractivity contribution >= 4 is 33.6 Å². The van der Waals surface area contributed by atoms with E-state index in [0.717, 1.165) is 38.7 Å². The highest BCUT2D eigenvalue weighted by Gasteiger charge is 2.29. The molecule has 0 amide bonds. The molecule has 6 heteroatoms. The maximum absolute atomic E-state index is 6.13. The molecule has 1 aliphatic heterocycles. The predicted octanol–water partition coefficient (Wildman–Crippen LogP) is 3.51. The molecular formula is C20H17N5O. The molecule has 1 unspecified atom stereocenters. The molecular weight excluding hydrogens is 326 g/mol. The lowest BCUT2D eigenvalue weighted by Crippen LogP contribution is -2.02. The lowest BCUT2D eigenvalue weighted by Gasteiger charge is -2.15. The zero-order valence-corrected chi connectivity index (χ0v) is 14.2. The lowest BCUT2D eigenvalue weighted by molar-refractivity contribution is 0.340. The number of pyridine rings is 1. The van der Waals surface area contributed by atoms with Gasteiger partial charge in [-0.25, -0.2) is 4.98 Å². The number of benzene rings is 2. The van der Waals surface area contributed by atoms with Gasteiger partial charge in [0.2, 0.25) is 5.95 Å². The Labute approximate surface area is 149 Å². The van der Waals surface area contributed by atoms with E-state index in [0.29, 0.717) is 17.9 Å². The number of nitrogens with two attached hydrogens (primary N) is 2. The highest BCUT2D eigenvalue weighted by molar-refractivity contribution is 6.03. The number of rotatable bonds is 1. The molecule has 6 nitrogen and oxygen atoms in total. The van der Waals surface area contributed by atoms with Gasteiger partial charge in [-0.15, -0.1) is 0 Å². The van der Waals surface area contributed by atoms with Crippen LogP contribution in [0.25, 0.3) is 32.9 Å². The normalized spacial score (nSPS) is 16.0. The molecule has 2 aromatic heterocycles. The number of fused-ring (bicyclic) bond motifs is 4. The Kier molecular flexibility index (Phi) is 3.03. The summed E-state index contributed by atoms with van der Waals surface area (Å²) < 4.78 is 6.00. The largest absolute Gasteiger partial charge is 0.492 e. The second-order valence-electron chi connectivity index (χ2n) is 6.62. The molecule has 3 heterocycles. The minimum absolute atomic E-state index is 0.159. The van der Waals surface area contributed by atoms with Gasteiger partial charge in [-0.3, -0.25) is 4.98 Å². The van der Waals surface area contributed by atoms with Gasteiger partial charge in [0.25, 0.3) is 0 Å². The van der Waals surface area contributed by atoms with Crippen molar-refractivity contribution < 1.29 is 4.74 Å². The van der Waals surface area contributed by atoms with E-state index < -0.39 is 0 Å². The highest BCUT2D eigenvalue weighted by atomic mass is 16.5. The molecule has 2 aromatic carbocycles. The van der Waals surface area contributed by atoms with Gasteiger partial charge in [0, 0.05) is 23.1 Å². The quantitative estimate of drug-likeness (QED) is 0.548. The van der Waals surface area contributed by atoms with Gasteiger partial charge >= 0.3 is 0 Å². The van der Waals surface area contributed by atoms with E-state index >= 15 is 0 Å². The second kappa shape index (κ2) is 5.29. The van der Waals surface area contributed by atoms with Crippen LogP contribution >= 0.6 is 0 Å². The number of nitrogen functional groups attached to an aromatic ring is 2. The SMILES string of the molecule is CC1COc2c1c(-c1ccnc3ccccc13)cc1nc(N)nc(N)c21. The number of hydrogen-bond acceptors (Lipinski definition) is 6. The molecule has 26 heavy (non-hydrogen) atoms. The molecule has 128 valence electrons. The minimum atomic E-state index is 0.159. The Morgan fingerprint density at radius 3 is 2.77 bits per heavy atom. The fourth-order valence-electron chi connectivity index (χ4n) is 3.81. The molecule has 0 fully saturated rings. The Hall–Kier alpha value is -3.41. The van der Waals surface area contributed by atoms with E-state index in [1.165, 1.54) is 0 Å². The van der Waals surface area contributed by atoms with Crippen LogP contribution in [-0.2, 0) is 0 Å². The van der Waals surface area contributed by atoms with Crippen LogP contribution in [0, 0.1) is 0 Å². The van der Waals surface area contributed by atoms with E-state index in [2.05, 4.69) is 27.9 Å². The summed E-state index contributed by atoms with van der Waals surface area (Å²) in [5.41, 5.74) is 16.9. The Balaban J connectivity index is 1.93. The number of hydrogen-bond donors (Lipinski definition) is 2. The van der Waals surface area contributed by atoms with Gasteiger partial charge < -0.3 is 16.2 Å². The molecule has 0 bridgehead atoms. The van der Waals surface area contributed by atoms with E-state index in [1.54, 1.807) is 0 Å². The van der Waals surface area contributed by atoms with Crippen molar-refractivity contribution in [2.75, 3.05) is 18.1 Å². The number of ether oxygens (including phenoxy) is 1. The standard InChI is InChI=1S/C20H17N5O/c1-10-9-26-18-16(10)13(8-15-17(18)19(21)25-20(22)24-15)11-6-7-23-14-5-3-2-4-12(11)14/h2-8,10H,9H2,1H3,(H4,21,22,24,25). The monoisotopic (exact) mass is 343 g/mol. The molecule has 0 spiro atoms. The van der Waals surface area contributed by atoms with E-state index in [-0.39, 0.29) is 11.9 Å². The number of nitrogens with zero attached hydrogens (tertiary/aromatic N) is 3. The van der Waals surface area contributed by atoms with Crippen molar-refractivity contribution in [3.8, 4) is 16.9 Å². The molecule has 4 aromatic rings. The summed E-state index contributed by atoms with van der Waals surface area (Å²) in [6.45, 7) is 2.76. The molecule has 4 N–H and O–H groups in total. The summed E-state index contributed by atoms with van der Waals surface area (Å²) in [5, 5.41) is 1.83. The first kappa shape index (κ1) is 14.9. The average Bonchev–Trinajstić information content (AvgIpc) is 3.02. The fraction of sp³-hybridized carbons (Fsp3) is 0.150. The molecule has 0 aliphatic carbocycles. The first-order valence-electron chi connectivity index (χ1n) is 8.50. The maximum atomic E-state index is 6.13. The van der Waals surface area contributed by atoms with E-state index in [1.807, 2.05) is 36.5 Å². The van der Waals surface area contributed by atoms with E-state index in [9.17, 15) is 0 Å². The zero-order valence-electron chi connectivity index (χ0n) is 14.2. The van der Waals surface area contributed by atoms with Crippen molar-refractivity contribution in [1.82, 2.24) is 15.0 Å². The van der Waals surface area contributed by atoms with E-state index in [4.69, 9.17) is 16.2 Å². The summed E-state index contributed by atoms with van der Waals surface area (Å²) in [5.74, 6) is 1.52. The van der Waals surface area contributed by atoms with Crippen LogP contribution < -0.4 is 16.2 Å². The Morgan fingerprint density at radius 1 is 1.04 bits per heavy atom. The van der Waals surface area contributed by atoms with Crippen LogP contribution in [0.4, 0.5) is 11.8 Å². The van der Waals surface area contributed by atoms with Crippen molar-refractivity contribution in [3.05, 3.63) is 48.2 Å². The molecule has 0 saturated heterocycles. The summed E-state index contributed by atoms with van der Waals surface area (Å²) >= 11 is 0.